The molecule has 2 rings (SSSR count). The Labute approximate surface area is 99.8 Å². The van der Waals surface area contributed by atoms with Crippen LogP contribution >= 0.6 is 0 Å². The van der Waals surface area contributed by atoms with E-state index >= 15 is 0 Å². The third-order valence-corrected chi connectivity index (χ3v) is 2.91. The molecule has 17 heavy (non-hydrogen) atoms. The number of aliphatic hydroxyl groups is 1. The van der Waals surface area contributed by atoms with Crippen LogP contribution in [-0.4, -0.2) is 10.1 Å². The number of aliphatic hydroxyl groups excluding tert-OH is 1. The van der Waals surface area contributed by atoms with Crippen molar-refractivity contribution in [2.45, 2.75) is 20.0 Å². The molecule has 0 bridgehead atoms. The number of aromatic nitrogens is 1. The minimum absolute atomic E-state index is 0.341. The van der Waals surface area contributed by atoms with E-state index in [0.717, 1.165) is 11.1 Å². The number of rotatable bonds is 2. The lowest BCUT2D eigenvalue weighted by Gasteiger charge is -2.15. The van der Waals surface area contributed by atoms with Gasteiger partial charge in [0.05, 0.1) is 0 Å². The normalized spacial score (nSPS) is 12.5. The molecule has 0 fully saturated rings. The van der Waals surface area contributed by atoms with Gasteiger partial charge in [-0.15, -0.1) is 0 Å². The molecule has 1 unspecified atom stereocenters. The molecular weight excluding hydrogens is 217 g/mol. The second kappa shape index (κ2) is 4.63. The summed E-state index contributed by atoms with van der Waals surface area (Å²) in [6, 6.07) is 6.25. The first-order valence-electron chi connectivity index (χ1n) is 5.44. The summed E-state index contributed by atoms with van der Waals surface area (Å²) in [4.78, 5) is 3.99. The zero-order valence-electron chi connectivity index (χ0n) is 9.81. The summed E-state index contributed by atoms with van der Waals surface area (Å²) < 4.78 is 13.2. The first-order chi connectivity index (χ1) is 8.09. The average Bonchev–Trinajstić information content (AvgIpc) is 2.32. The van der Waals surface area contributed by atoms with Crippen LogP contribution in [0.3, 0.4) is 0 Å². The maximum Gasteiger partial charge on any atom is 0.123 e. The molecule has 0 saturated heterocycles. The zero-order valence-corrected chi connectivity index (χ0v) is 9.81. The Morgan fingerprint density at radius 3 is 2.53 bits per heavy atom. The van der Waals surface area contributed by atoms with Crippen LogP contribution in [0.15, 0.2) is 36.7 Å². The summed E-state index contributed by atoms with van der Waals surface area (Å²) in [6.45, 7) is 3.75. The summed E-state index contributed by atoms with van der Waals surface area (Å²) in [5, 5.41) is 10.3. The van der Waals surface area contributed by atoms with Crippen molar-refractivity contribution in [3.63, 3.8) is 0 Å². The van der Waals surface area contributed by atoms with Crippen molar-refractivity contribution in [1.82, 2.24) is 4.98 Å². The van der Waals surface area contributed by atoms with E-state index in [1.54, 1.807) is 18.5 Å². The van der Waals surface area contributed by atoms with Gasteiger partial charge in [-0.3, -0.25) is 4.98 Å². The van der Waals surface area contributed by atoms with Crippen LogP contribution in [0.2, 0.25) is 0 Å². The highest BCUT2D eigenvalue weighted by molar-refractivity contribution is 5.37. The third-order valence-electron chi connectivity index (χ3n) is 2.91. The molecule has 0 aliphatic carbocycles. The summed E-state index contributed by atoms with van der Waals surface area (Å²) in [5.41, 5.74) is 3.10. The standard InChI is InChI=1S/C14H14FNO/c1-9-3-4-11(15)7-12(9)14(17)13-8-16-6-5-10(13)2/h3-8,14,17H,1-2H3. The number of benzene rings is 1. The molecular formula is C14H14FNO. The van der Waals surface area contributed by atoms with Gasteiger partial charge in [-0.05, 0) is 48.7 Å². The van der Waals surface area contributed by atoms with Crippen molar-refractivity contribution in [2.24, 2.45) is 0 Å². The second-order valence-corrected chi connectivity index (χ2v) is 4.14. The van der Waals surface area contributed by atoms with E-state index in [9.17, 15) is 9.50 Å². The predicted molar refractivity (Wildman–Crippen MR) is 64.2 cm³/mol. The molecule has 0 radical (unpaired) electrons. The maximum absolute atomic E-state index is 13.2. The molecule has 88 valence electrons. The van der Waals surface area contributed by atoms with E-state index in [2.05, 4.69) is 4.98 Å². The van der Waals surface area contributed by atoms with Crippen molar-refractivity contribution >= 4 is 0 Å². The minimum Gasteiger partial charge on any atom is -0.384 e. The van der Waals surface area contributed by atoms with Gasteiger partial charge in [-0.25, -0.2) is 4.39 Å². The van der Waals surface area contributed by atoms with Crippen molar-refractivity contribution in [3.05, 3.63) is 64.7 Å². The summed E-state index contributed by atoms with van der Waals surface area (Å²) in [5.74, 6) is -0.341. The largest absolute Gasteiger partial charge is 0.384 e. The summed E-state index contributed by atoms with van der Waals surface area (Å²) >= 11 is 0. The van der Waals surface area contributed by atoms with E-state index in [1.165, 1.54) is 12.1 Å². The molecule has 1 atom stereocenters. The van der Waals surface area contributed by atoms with Gasteiger partial charge < -0.3 is 5.11 Å². The monoisotopic (exact) mass is 231 g/mol. The average molecular weight is 231 g/mol. The van der Waals surface area contributed by atoms with Gasteiger partial charge in [0.15, 0.2) is 0 Å². The molecule has 3 heteroatoms. The van der Waals surface area contributed by atoms with Crippen LogP contribution in [0.4, 0.5) is 4.39 Å². The van der Waals surface area contributed by atoms with Crippen molar-refractivity contribution in [1.29, 1.82) is 0 Å². The fourth-order valence-corrected chi connectivity index (χ4v) is 1.84. The fourth-order valence-electron chi connectivity index (χ4n) is 1.84. The molecule has 2 nitrogen and oxygen atoms in total. The molecule has 0 aliphatic rings. The Hall–Kier alpha value is -1.74. The number of halogens is 1. The number of pyridine rings is 1. The Balaban J connectivity index is 2.47. The van der Waals surface area contributed by atoms with Crippen molar-refractivity contribution < 1.29 is 9.50 Å². The fraction of sp³-hybridized carbons (Fsp3) is 0.214. The van der Waals surface area contributed by atoms with E-state index in [-0.39, 0.29) is 5.82 Å². The van der Waals surface area contributed by atoms with Crippen molar-refractivity contribution in [3.8, 4) is 0 Å². The van der Waals surface area contributed by atoms with Gasteiger partial charge in [-0.2, -0.15) is 0 Å². The Bertz CT molecular complexity index is 539. The first kappa shape index (κ1) is 11.7. The molecule has 2 aromatic rings. The summed E-state index contributed by atoms with van der Waals surface area (Å²) in [7, 11) is 0. The van der Waals surface area contributed by atoms with Gasteiger partial charge in [0.2, 0.25) is 0 Å². The molecule has 0 aliphatic heterocycles. The zero-order chi connectivity index (χ0) is 12.4. The van der Waals surface area contributed by atoms with Crippen molar-refractivity contribution in [2.75, 3.05) is 0 Å². The molecule has 1 aromatic carbocycles. The number of hydrogen-bond donors (Lipinski definition) is 1. The Morgan fingerprint density at radius 1 is 1.12 bits per heavy atom. The van der Waals surface area contributed by atoms with Crippen LogP contribution in [0.25, 0.3) is 0 Å². The smallest absolute Gasteiger partial charge is 0.123 e. The predicted octanol–water partition coefficient (Wildman–Crippen LogP) is 2.92. The SMILES string of the molecule is Cc1ccncc1C(O)c1cc(F)ccc1C. The van der Waals surface area contributed by atoms with Gasteiger partial charge >= 0.3 is 0 Å². The lowest BCUT2D eigenvalue weighted by atomic mass is 9.96. The summed E-state index contributed by atoms with van der Waals surface area (Å²) in [6.07, 6.45) is 2.45. The molecule has 1 aromatic heterocycles. The Morgan fingerprint density at radius 2 is 1.82 bits per heavy atom. The molecule has 0 spiro atoms. The second-order valence-electron chi connectivity index (χ2n) is 4.14. The Kier molecular flexibility index (Phi) is 3.20. The van der Waals surface area contributed by atoms with Crippen LogP contribution in [-0.2, 0) is 0 Å². The minimum atomic E-state index is -0.834. The topological polar surface area (TPSA) is 33.1 Å². The lowest BCUT2D eigenvalue weighted by molar-refractivity contribution is 0.218. The van der Waals surface area contributed by atoms with Gasteiger partial charge in [0.25, 0.3) is 0 Å². The quantitative estimate of drug-likeness (QED) is 0.862. The van der Waals surface area contributed by atoms with Gasteiger partial charge in [0, 0.05) is 18.0 Å². The number of aryl methyl sites for hydroxylation is 2. The molecule has 0 amide bonds. The number of hydrogen-bond acceptors (Lipinski definition) is 2. The van der Waals surface area contributed by atoms with Crippen LogP contribution in [0.1, 0.15) is 28.4 Å². The van der Waals surface area contributed by atoms with Gasteiger partial charge in [-0.1, -0.05) is 6.07 Å². The van der Waals surface area contributed by atoms with Crippen LogP contribution in [0, 0.1) is 19.7 Å². The first-order valence-corrected chi connectivity index (χ1v) is 5.44. The van der Waals surface area contributed by atoms with Crippen LogP contribution < -0.4 is 0 Å². The van der Waals surface area contributed by atoms with E-state index in [1.807, 2.05) is 19.9 Å². The molecule has 1 N–H and O–H groups in total. The maximum atomic E-state index is 13.2. The highest BCUT2D eigenvalue weighted by atomic mass is 19.1. The third kappa shape index (κ3) is 2.34. The highest BCUT2D eigenvalue weighted by Gasteiger charge is 2.15. The lowest BCUT2D eigenvalue weighted by Crippen LogP contribution is -2.05. The number of nitrogens with zero attached hydrogens (tertiary/aromatic N) is 1. The molecule has 1 heterocycles. The molecule has 0 saturated carbocycles. The van der Waals surface area contributed by atoms with E-state index in [4.69, 9.17) is 0 Å². The van der Waals surface area contributed by atoms with Crippen LogP contribution in [0.5, 0.6) is 0 Å². The van der Waals surface area contributed by atoms with E-state index in [0.29, 0.717) is 11.1 Å². The van der Waals surface area contributed by atoms with E-state index < -0.39 is 6.10 Å². The highest BCUT2D eigenvalue weighted by Crippen LogP contribution is 2.26. The van der Waals surface area contributed by atoms with Gasteiger partial charge in [0.1, 0.15) is 11.9 Å².